The van der Waals surface area contributed by atoms with Crippen LogP contribution in [0.3, 0.4) is 0 Å². The summed E-state index contributed by atoms with van der Waals surface area (Å²) < 4.78 is 22.4. The third-order valence-electron chi connectivity index (χ3n) is 3.48. The van der Waals surface area contributed by atoms with Crippen molar-refractivity contribution in [3.05, 3.63) is 29.3 Å². The predicted octanol–water partition coefficient (Wildman–Crippen LogP) is 1.17. The van der Waals surface area contributed by atoms with Crippen LogP contribution < -0.4 is 10.5 Å². The van der Waals surface area contributed by atoms with Crippen LogP contribution in [0.15, 0.2) is 23.1 Å². The lowest BCUT2D eigenvalue weighted by Crippen LogP contribution is -2.43. The smallest absolute Gasteiger partial charge is 0.251 e. The number of primary sulfonamides is 1. The number of nitrogens with one attached hydrogen (secondary N) is 1. The quantitative estimate of drug-likeness (QED) is 0.872. The topological polar surface area (TPSA) is 89.3 Å². The van der Waals surface area contributed by atoms with Crippen LogP contribution in [0.2, 0.25) is 0 Å². The number of sulfonamides is 1. The van der Waals surface area contributed by atoms with Gasteiger partial charge in [-0.25, -0.2) is 13.6 Å². The lowest BCUT2D eigenvalue weighted by atomic mass is 9.82. The van der Waals surface area contributed by atoms with Crippen LogP contribution in [0.25, 0.3) is 0 Å². The molecule has 19 heavy (non-hydrogen) atoms. The third-order valence-corrected chi connectivity index (χ3v) is 4.39. The Hall–Kier alpha value is -1.40. The van der Waals surface area contributed by atoms with Gasteiger partial charge < -0.3 is 5.32 Å². The first kappa shape index (κ1) is 14.0. The molecule has 0 atom stereocenters. The highest BCUT2D eigenvalue weighted by atomic mass is 32.2. The second kappa shape index (κ2) is 4.94. The van der Waals surface area contributed by atoms with E-state index in [1.54, 1.807) is 6.92 Å². The van der Waals surface area contributed by atoms with Gasteiger partial charge in [0.1, 0.15) is 0 Å². The number of carbonyl (C=O) groups excluding carboxylic acids is 1. The van der Waals surface area contributed by atoms with Crippen LogP contribution in [0.5, 0.6) is 0 Å². The van der Waals surface area contributed by atoms with E-state index < -0.39 is 10.0 Å². The first-order valence-corrected chi connectivity index (χ1v) is 7.76. The second-order valence-electron chi connectivity index (χ2n) is 5.27. The van der Waals surface area contributed by atoms with Crippen LogP contribution in [-0.2, 0) is 10.0 Å². The van der Waals surface area contributed by atoms with Crippen molar-refractivity contribution in [2.24, 2.45) is 11.1 Å². The molecule has 6 heteroatoms. The van der Waals surface area contributed by atoms with E-state index in [2.05, 4.69) is 12.2 Å². The molecule has 0 aromatic heterocycles. The van der Waals surface area contributed by atoms with Gasteiger partial charge in [-0.2, -0.15) is 0 Å². The highest BCUT2D eigenvalue weighted by molar-refractivity contribution is 7.89. The molecule has 1 saturated carbocycles. The average molecular weight is 282 g/mol. The Morgan fingerprint density at radius 3 is 2.47 bits per heavy atom. The van der Waals surface area contributed by atoms with Crippen molar-refractivity contribution in [3.8, 4) is 0 Å². The molecule has 0 heterocycles. The molecule has 1 fully saturated rings. The van der Waals surface area contributed by atoms with Crippen LogP contribution in [0.1, 0.15) is 35.7 Å². The van der Waals surface area contributed by atoms with Crippen molar-refractivity contribution in [3.63, 3.8) is 0 Å². The number of hydrogen-bond donors (Lipinski definition) is 2. The van der Waals surface area contributed by atoms with Crippen molar-refractivity contribution in [2.45, 2.75) is 37.6 Å². The minimum Gasteiger partial charge on any atom is -0.349 e. The molecule has 3 N–H and O–H groups in total. The number of hydrogen-bond acceptors (Lipinski definition) is 3. The SMILES string of the molecule is Cc1cc(S(N)(=O)=O)ccc1C(=O)NC1CC(C)C1. The summed E-state index contributed by atoms with van der Waals surface area (Å²) in [5.41, 5.74) is 1.10. The number of benzene rings is 1. The van der Waals surface area contributed by atoms with E-state index in [4.69, 9.17) is 5.14 Å². The molecule has 0 aliphatic heterocycles. The van der Waals surface area contributed by atoms with Crippen molar-refractivity contribution >= 4 is 15.9 Å². The van der Waals surface area contributed by atoms with Crippen LogP contribution in [-0.4, -0.2) is 20.4 Å². The molecule has 0 radical (unpaired) electrons. The first-order valence-electron chi connectivity index (χ1n) is 6.21. The minimum absolute atomic E-state index is 0.0267. The first-order chi connectivity index (χ1) is 8.77. The lowest BCUT2D eigenvalue weighted by molar-refractivity contribution is 0.0895. The zero-order valence-corrected chi connectivity index (χ0v) is 11.8. The van der Waals surface area contributed by atoms with Crippen molar-refractivity contribution in [1.29, 1.82) is 0 Å². The van der Waals surface area contributed by atoms with Gasteiger partial charge in [0.2, 0.25) is 10.0 Å². The molecule has 1 amide bonds. The minimum atomic E-state index is -3.72. The van der Waals surface area contributed by atoms with Gasteiger partial charge in [-0.3, -0.25) is 4.79 Å². The second-order valence-corrected chi connectivity index (χ2v) is 6.83. The zero-order chi connectivity index (χ0) is 14.2. The van der Waals surface area contributed by atoms with Crippen molar-refractivity contribution in [2.75, 3.05) is 0 Å². The summed E-state index contributed by atoms with van der Waals surface area (Å²) in [4.78, 5) is 12.1. The Kier molecular flexibility index (Phi) is 3.64. The zero-order valence-electron chi connectivity index (χ0n) is 11.0. The Balaban J connectivity index is 2.14. The summed E-state index contributed by atoms with van der Waals surface area (Å²) >= 11 is 0. The van der Waals surface area contributed by atoms with E-state index in [1.165, 1.54) is 18.2 Å². The van der Waals surface area contributed by atoms with Crippen LogP contribution >= 0.6 is 0 Å². The molecule has 1 aromatic rings. The Morgan fingerprint density at radius 1 is 1.37 bits per heavy atom. The maximum absolute atomic E-state index is 12.0. The van der Waals surface area contributed by atoms with Gasteiger partial charge in [-0.05, 0) is 49.4 Å². The molecule has 0 unspecified atom stereocenters. The fourth-order valence-corrected chi connectivity index (χ4v) is 2.95. The van der Waals surface area contributed by atoms with Gasteiger partial charge >= 0.3 is 0 Å². The number of rotatable bonds is 3. The summed E-state index contributed by atoms with van der Waals surface area (Å²) in [6.45, 7) is 3.85. The van der Waals surface area contributed by atoms with E-state index >= 15 is 0 Å². The Bertz CT molecular complexity index is 604. The Labute approximate surface area is 113 Å². The van der Waals surface area contributed by atoms with E-state index in [9.17, 15) is 13.2 Å². The monoisotopic (exact) mass is 282 g/mol. The maximum atomic E-state index is 12.0. The molecule has 0 spiro atoms. The van der Waals surface area contributed by atoms with E-state index in [0.29, 0.717) is 17.0 Å². The molecule has 0 bridgehead atoms. The summed E-state index contributed by atoms with van der Waals surface area (Å²) in [5, 5.41) is 7.99. The molecule has 1 aliphatic rings. The number of nitrogens with two attached hydrogens (primary N) is 1. The fourth-order valence-electron chi connectivity index (χ4n) is 2.35. The number of aryl methyl sites for hydroxylation is 1. The van der Waals surface area contributed by atoms with Gasteiger partial charge in [0, 0.05) is 11.6 Å². The summed E-state index contributed by atoms with van der Waals surface area (Å²) in [6.07, 6.45) is 2.00. The third kappa shape index (κ3) is 3.13. The maximum Gasteiger partial charge on any atom is 0.251 e. The number of carbonyl (C=O) groups is 1. The van der Waals surface area contributed by atoms with E-state index in [0.717, 1.165) is 12.8 Å². The van der Waals surface area contributed by atoms with Gasteiger partial charge in [-0.1, -0.05) is 6.92 Å². The largest absolute Gasteiger partial charge is 0.349 e. The predicted molar refractivity (Wildman–Crippen MR) is 72.2 cm³/mol. The van der Waals surface area contributed by atoms with E-state index in [1.807, 2.05) is 0 Å². The molecular formula is C13H18N2O3S. The molecule has 5 nitrogen and oxygen atoms in total. The van der Waals surface area contributed by atoms with Crippen molar-refractivity contribution < 1.29 is 13.2 Å². The van der Waals surface area contributed by atoms with Crippen LogP contribution in [0.4, 0.5) is 0 Å². The summed E-state index contributed by atoms with van der Waals surface area (Å²) in [7, 11) is -3.72. The van der Waals surface area contributed by atoms with Crippen molar-refractivity contribution in [1.82, 2.24) is 5.32 Å². The van der Waals surface area contributed by atoms with Gasteiger partial charge in [0.15, 0.2) is 0 Å². The summed E-state index contributed by atoms with van der Waals surface area (Å²) in [6, 6.07) is 4.53. The molecule has 1 aliphatic carbocycles. The lowest BCUT2D eigenvalue weighted by Gasteiger charge is -2.33. The molecule has 1 aromatic carbocycles. The highest BCUT2D eigenvalue weighted by Crippen LogP contribution is 2.26. The number of amides is 1. The van der Waals surface area contributed by atoms with Gasteiger partial charge in [-0.15, -0.1) is 0 Å². The standard InChI is InChI=1S/C13H18N2O3S/c1-8-5-10(6-8)15-13(16)12-4-3-11(7-9(12)2)19(14,17)18/h3-4,7-8,10H,5-6H2,1-2H3,(H,15,16)(H2,14,17,18). The van der Waals surface area contributed by atoms with Gasteiger partial charge in [0.05, 0.1) is 4.90 Å². The summed E-state index contributed by atoms with van der Waals surface area (Å²) in [5.74, 6) is 0.506. The molecular weight excluding hydrogens is 264 g/mol. The van der Waals surface area contributed by atoms with E-state index in [-0.39, 0.29) is 16.8 Å². The molecule has 0 saturated heterocycles. The normalized spacial score (nSPS) is 22.7. The highest BCUT2D eigenvalue weighted by Gasteiger charge is 2.27. The van der Waals surface area contributed by atoms with Crippen LogP contribution in [0, 0.1) is 12.8 Å². The Morgan fingerprint density at radius 2 is 2.00 bits per heavy atom. The molecule has 104 valence electrons. The average Bonchev–Trinajstić information content (AvgIpc) is 2.25. The van der Waals surface area contributed by atoms with Gasteiger partial charge in [0.25, 0.3) is 5.91 Å². The molecule has 2 rings (SSSR count). The fraction of sp³-hybridized carbons (Fsp3) is 0.462.